The summed E-state index contributed by atoms with van der Waals surface area (Å²) >= 11 is 0. The van der Waals surface area contributed by atoms with Gasteiger partial charge in [-0.2, -0.15) is 0 Å². The van der Waals surface area contributed by atoms with Crippen molar-refractivity contribution in [1.82, 2.24) is 35.6 Å². The highest BCUT2D eigenvalue weighted by molar-refractivity contribution is 6.27. The Bertz CT molecular complexity index is 3210. The third kappa shape index (κ3) is 11.4. The third-order valence-corrected chi connectivity index (χ3v) is 13.3. The summed E-state index contributed by atoms with van der Waals surface area (Å²) in [7, 11) is 0. The first-order valence-electron chi connectivity index (χ1n) is 24.3. The van der Waals surface area contributed by atoms with Crippen LogP contribution in [0.3, 0.4) is 0 Å². The van der Waals surface area contributed by atoms with Gasteiger partial charge in [0.05, 0.1) is 21.0 Å². The van der Waals surface area contributed by atoms with Gasteiger partial charge in [0.15, 0.2) is 0 Å². The van der Waals surface area contributed by atoms with Crippen molar-refractivity contribution < 1.29 is 53.0 Å². The molecule has 1 unspecified atom stereocenters. The molecule has 0 aromatic heterocycles. The van der Waals surface area contributed by atoms with Crippen LogP contribution < -0.4 is 16.0 Å². The summed E-state index contributed by atoms with van der Waals surface area (Å²) < 4.78 is 0. The van der Waals surface area contributed by atoms with E-state index >= 15 is 0 Å². The molecule has 22 nitrogen and oxygen atoms in total. The second kappa shape index (κ2) is 22.8. The average molecular weight is 1020 g/mol. The molecule has 3 aliphatic heterocycles. The summed E-state index contributed by atoms with van der Waals surface area (Å²) in [5, 5.41) is 33.5. The van der Waals surface area contributed by atoms with Crippen molar-refractivity contribution in [3.8, 4) is 0 Å². The Morgan fingerprint density at radius 1 is 0.587 bits per heavy atom. The van der Waals surface area contributed by atoms with E-state index in [4.69, 9.17) is 0 Å². The molecule has 0 saturated heterocycles. The van der Waals surface area contributed by atoms with Crippen molar-refractivity contribution in [2.45, 2.75) is 57.5 Å². The average Bonchev–Trinajstić information content (AvgIpc) is 3.72. The van der Waals surface area contributed by atoms with Crippen LogP contribution >= 0.6 is 0 Å². The first-order valence-corrected chi connectivity index (χ1v) is 24.3. The predicted octanol–water partition coefficient (Wildman–Crippen LogP) is 4.23. The quantitative estimate of drug-likeness (QED) is 0.0338. The van der Waals surface area contributed by atoms with Gasteiger partial charge in [-0.05, 0) is 61.2 Å². The van der Waals surface area contributed by atoms with Crippen molar-refractivity contribution in [2.24, 2.45) is 0 Å². The van der Waals surface area contributed by atoms with E-state index in [0.717, 1.165) is 26.8 Å². The fraction of sp³-hybridized carbons (Fsp3) is 0.302. The van der Waals surface area contributed by atoms with E-state index < -0.39 is 75.1 Å². The number of imide groups is 3. The number of hydrogen-bond acceptors (Lipinski definition) is 14. The number of benzene rings is 5. The van der Waals surface area contributed by atoms with Crippen LogP contribution in [0.1, 0.15) is 86.0 Å². The molecule has 2 atom stereocenters. The second-order valence-electron chi connectivity index (χ2n) is 18.3. The van der Waals surface area contributed by atoms with Gasteiger partial charge in [0.25, 0.3) is 46.8 Å². The van der Waals surface area contributed by atoms with E-state index in [-0.39, 0.29) is 104 Å². The van der Waals surface area contributed by atoms with Crippen LogP contribution in [0, 0.1) is 20.2 Å². The maximum Gasteiger partial charge on any atom is 0.270 e. The lowest BCUT2D eigenvalue weighted by Crippen LogP contribution is -2.55. The highest BCUT2D eigenvalue weighted by Crippen LogP contribution is 2.35. The Balaban J connectivity index is 0.954. The summed E-state index contributed by atoms with van der Waals surface area (Å²) in [6.45, 7) is 1.27. The lowest BCUT2D eigenvalue weighted by Gasteiger charge is -2.32. The Morgan fingerprint density at radius 2 is 1.15 bits per heavy atom. The van der Waals surface area contributed by atoms with Gasteiger partial charge in [0, 0.05) is 110 Å². The topological polar surface area (TPSA) is 289 Å². The van der Waals surface area contributed by atoms with Crippen LogP contribution in [0.4, 0.5) is 11.4 Å². The standard InChI is InChI=1S/C53H51N9O13/c1-32(55-43(63)17-6-3-7-23-58-44(64)18-19-45(58)65)48(66)56-42(27-33-11-4-2-5-12-33)53(71)57(25-26-60-50(68)39-16-9-14-35-29-37(62(74)75)31-41(47(35)39)52(60)70)22-10-20-54-21-24-59-49(67)38-15-8-13-34-28-36(61(72)73)30-40(46(34)38)51(59)69/h2,4-5,8-9,11-16,18-19,28-32,42,54H,3,6-7,10,17,20-27H2,1H3,(H,55,63)(H,56,66)/t32?,42-/m0/s1. The molecule has 9 amide bonds. The van der Waals surface area contributed by atoms with E-state index in [1.165, 1.54) is 42.2 Å². The molecule has 3 heterocycles. The maximum absolute atomic E-state index is 14.9. The van der Waals surface area contributed by atoms with Crippen LogP contribution in [-0.2, 0) is 30.4 Å². The maximum atomic E-state index is 14.9. The Labute approximate surface area is 428 Å². The summed E-state index contributed by atoms with van der Waals surface area (Å²) in [5.74, 6) is -5.24. The molecular formula is C53H51N9O13. The minimum atomic E-state index is -1.23. The minimum absolute atomic E-state index is 0.00309. The molecule has 22 heteroatoms. The van der Waals surface area contributed by atoms with Crippen LogP contribution in [0.5, 0.6) is 0 Å². The highest BCUT2D eigenvalue weighted by atomic mass is 16.6. The smallest absolute Gasteiger partial charge is 0.270 e. The number of rotatable bonds is 24. The van der Waals surface area contributed by atoms with E-state index in [0.29, 0.717) is 41.0 Å². The predicted molar refractivity (Wildman–Crippen MR) is 270 cm³/mol. The number of carbonyl (C=O) groups excluding carboxylic acids is 9. The van der Waals surface area contributed by atoms with Gasteiger partial charge in [0.1, 0.15) is 12.1 Å². The molecule has 0 radical (unpaired) electrons. The number of non-ortho nitro benzene ring substituents is 2. The number of nitro benzene ring substituents is 2. The fourth-order valence-corrected chi connectivity index (χ4v) is 9.49. The van der Waals surface area contributed by atoms with Crippen LogP contribution in [0.15, 0.2) is 103 Å². The molecule has 5 aromatic carbocycles. The SMILES string of the molecule is CC(NC(=O)CCCCCN1C(=O)C=CC1=O)C(=O)N[C@@H](Cc1ccccc1)C(=O)N(CCCNCCN1C(=O)c2cccc3cc([N+](=O)[O-])cc(c23)C1=O)CCN1C(=O)c2cccc3cc([N+](=O)[O-])cc(c23)C1=O. The summed E-state index contributed by atoms with van der Waals surface area (Å²) in [6, 6.07) is 20.7. The molecule has 0 bridgehead atoms. The van der Waals surface area contributed by atoms with E-state index in [2.05, 4.69) is 16.0 Å². The lowest BCUT2D eigenvalue weighted by atomic mass is 9.93. The summed E-state index contributed by atoms with van der Waals surface area (Å²) in [6.07, 6.45) is 4.10. The first-order chi connectivity index (χ1) is 36.0. The number of nitrogens with zero attached hydrogens (tertiary/aromatic N) is 6. The van der Waals surface area contributed by atoms with Gasteiger partial charge < -0.3 is 20.9 Å². The van der Waals surface area contributed by atoms with Gasteiger partial charge in [-0.25, -0.2) is 0 Å². The molecule has 386 valence electrons. The second-order valence-corrected chi connectivity index (χ2v) is 18.3. The van der Waals surface area contributed by atoms with E-state index in [1.807, 2.05) is 0 Å². The first kappa shape index (κ1) is 52.3. The van der Waals surface area contributed by atoms with Gasteiger partial charge >= 0.3 is 0 Å². The number of nitro groups is 2. The Kier molecular flexibility index (Phi) is 15.9. The third-order valence-electron chi connectivity index (χ3n) is 13.3. The van der Waals surface area contributed by atoms with Crippen LogP contribution in [0.2, 0.25) is 0 Å². The highest BCUT2D eigenvalue weighted by Gasteiger charge is 2.37. The molecule has 0 saturated carbocycles. The summed E-state index contributed by atoms with van der Waals surface area (Å²) in [4.78, 5) is 147. The van der Waals surface area contributed by atoms with Gasteiger partial charge in [-0.15, -0.1) is 0 Å². The van der Waals surface area contributed by atoms with Crippen molar-refractivity contribution in [3.63, 3.8) is 0 Å². The molecule has 0 fully saturated rings. The van der Waals surface area contributed by atoms with Crippen molar-refractivity contribution in [3.05, 3.63) is 151 Å². The van der Waals surface area contributed by atoms with Crippen molar-refractivity contribution >= 4 is 86.1 Å². The number of amides is 9. The normalized spacial score (nSPS) is 14.7. The molecule has 75 heavy (non-hydrogen) atoms. The lowest BCUT2D eigenvalue weighted by molar-refractivity contribution is -0.384. The van der Waals surface area contributed by atoms with E-state index in [9.17, 15) is 63.4 Å². The number of unbranched alkanes of at least 4 members (excludes halogenated alkanes) is 2. The molecule has 8 rings (SSSR count). The largest absolute Gasteiger partial charge is 0.345 e. The van der Waals surface area contributed by atoms with Gasteiger partial charge in [0.2, 0.25) is 17.7 Å². The molecule has 0 aliphatic carbocycles. The Morgan fingerprint density at radius 3 is 1.72 bits per heavy atom. The Hall–Kier alpha value is -9.05. The zero-order valence-electron chi connectivity index (χ0n) is 40.7. The van der Waals surface area contributed by atoms with Crippen molar-refractivity contribution in [1.29, 1.82) is 0 Å². The van der Waals surface area contributed by atoms with Gasteiger partial charge in [-0.3, -0.25) is 78.1 Å². The molecule has 3 N–H and O–H groups in total. The number of nitrogens with one attached hydrogen (secondary N) is 3. The fourth-order valence-electron chi connectivity index (χ4n) is 9.49. The minimum Gasteiger partial charge on any atom is -0.345 e. The van der Waals surface area contributed by atoms with Crippen molar-refractivity contribution in [2.75, 3.05) is 45.8 Å². The number of carbonyl (C=O) groups is 9. The molecule has 3 aliphatic rings. The zero-order chi connectivity index (χ0) is 53.5. The van der Waals surface area contributed by atoms with Crippen LogP contribution in [0.25, 0.3) is 21.5 Å². The summed E-state index contributed by atoms with van der Waals surface area (Å²) in [5.41, 5.74) is 0.356. The molecule has 5 aromatic rings. The van der Waals surface area contributed by atoms with Gasteiger partial charge in [-0.1, -0.05) is 61.0 Å². The van der Waals surface area contributed by atoms with E-state index in [1.54, 1.807) is 60.7 Å². The zero-order valence-corrected chi connectivity index (χ0v) is 40.7. The van der Waals surface area contributed by atoms with Crippen LogP contribution in [-0.4, -0.2) is 141 Å². The molecular weight excluding hydrogens is 971 g/mol. The number of hydrogen-bond donors (Lipinski definition) is 3. The monoisotopic (exact) mass is 1020 g/mol. The molecule has 0 spiro atoms.